The summed E-state index contributed by atoms with van der Waals surface area (Å²) in [5, 5.41) is 0. The molecule has 0 aliphatic carbocycles. The molecule has 0 aromatic heterocycles. The minimum atomic E-state index is -0.480. The first kappa shape index (κ1) is 18.7. The molecule has 3 heterocycles. The van der Waals surface area contributed by atoms with Gasteiger partial charge in [0.2, 0.25) is 0 Å². The topological polar surface area (TPSA) is 21.7 Å². The molecule has 31 heavy (non-hydrogen) atoms. The number of hydrogen-bond donors (Lipinski definition) is 0. The average molecular weight is 410 g/mol. The van der Waals surface area contributed by atoms with Crippen molar-refractivity contribution in [2.45, 2.75) is 37.5 Å². The zero-order valence-electron chi connectivity index (χ0n) is 18.0. The van der Waals surface area contributed by atoms with Crippen LogP contribution in [0, 0.1) is 5.92 Å². The average Bonchev–Trinajstić information content (AvgIpc) is 3.11. The van der Waals surface area contributed by atoms with E-state index in [2.05, 4.69) is 110 Å². The molecule has 3 aliphatic heterocycles. The third-order valence-electron chi connectivity index (χ3n) is 6.95. The first-order valence-corrected chi connectivity index (χ1v) is 11.1. The van der Waals surface area contributed by atoms with E-state index in [4.69, 9.17) is 9.47 Å². The van der Waals surface area contributed by atoms with Gasteiger partial charge in [-0.3, -0.25) is 4.90 Å². The SMILES string of the molecule is CC1(C)C[C@]23Oc4ccccc4N2C(c2ccccc2)=C[C@@H](c2ccccc2)[C@H]3CO1. The summed E-state index contributed by atoms with van der Waals surface area (Å²) in [6.07, 6.45) is 3.23. The highest BCUT2D eigenvalue weighted by molar-refractivity contribution is 5.87. The molecule has 1 saturated heterocycles. The van der Waals surface area contributed by atoms with E-state index >= 15 is 0 Å². The van der Waals surface area contributed by atoms with E-state index in [9.17, 15) is 0 Å². The van der Waals surface area contributed by atoms with Crippen molar-refractivity contribution in [3.05, 3.63) is 102 Å². The Morgan fingerprint density at radius 3 is 2.29 bits per heavy atom. The lowest BCUT2D eigenvalue weighted by atomic mass is 9.70. The fourth-order valence-electron chi connectivity index (χ4n) is 5.68. The molecular formula is C28H27NO2. The Morgan fingerprint density at radius 2 is 1.52 bits per heavy atom. The predicted molar refractivity (Wildman–Crippen MR) is 124 cm³/mol. The molecule has 0 unspecified atom stereocenters. The Morgan fingerprint density at radius 1 is 0.839 bits per heavy atom. The number of nitrogens with zero attached hydrogens (tertiary/aromatic N) is 1. The maximum atomic E-state index is 6.95. The van der Waals surface area contributed by atoms with Crippen LogP contribution in [0.4, 0.5) is 5.69 Å². The molecule has 3 aromatic carbocycles. The van der Waals surface area contributed by atoms with Crippen LogP contribution in [0.15, 0.2) is 91.0 Å². The molecular weight excluding hydrogens is 382 g/mol. The highest BCUT2D eigenvalue weighted by atomic mass is 16.6. The van der Waals surface area contributed by atoms with Gasteiger partial charge >= 0.3 is 0 Å². The summed E-state index contributed by atoms with van der Waals surface area (Å²) in [6, 6.07) is 30.0. The third-order valence-corrected chi connectivity index (χ3v) is 6.95. The molecule has 0 amide bonds. The van der Waals surface area contributed by atoms with Crippen molar-refractivity contribution in [1.82, 2.24) is 0 Å². The Hall–Kier alpha value is -3.04. The van der Waals surface area contributed by atoms with Gasteiger partial charge in [0.1, 0.15) is 5.75 Å². The molecule has 3 nitrogen and oxygen atoms in total. The van der Waals surface area contributed by atoms with Crippen molar-refractivity contribution < 1.29 is 9.47 Å². The van der Waals surface area contributed by atoms with Crippen LogP contribution in [0.1, 0.15) is 37.3 Å². The van der Waals surface area contributed by atoms with Gasteiger partial charge in [0.15, 0.2) is 5.72 Å². The van der Waals surface area contributed by atoms with Gasteiger partial charge in [0.05, 0.1) is 23.8 Å². The zero-order valence-corrected chi connectivity index (χ0v) is 18.0. The standard InChI is InChI=1S/C28H27NO2/c1-27(2)19-28-23(18-30-27)22(20-11-5-3-6-12-20)17-25(21-13-7-4-8-14-21)29(28)24-15-9-10-16-26(24)31-28/h3-17,22-23H,18-19H2,1-2H3/t22-,23+,28+/m0/s1. The number of ether oxygens (including phenoxy) is 2. The summed E-state index contributed by atoms with van der Waals surface area (Å²) in [7, 11) is 0. The van der Waals surface area contributed by atoms with Gasteiger partial charge in [-0.1, -0.05) is 78.9 Å². The van der Waals surface area contributed by atoms with Crippen LogP contribution in [-0.4, -0.2) is 17.9 Å². The molecule has 0 saturated carbocycles. The summed E-state index contributed by atoms with van der Waals surface area (Å²) in [5.41, 5.74) is 4.14. The van der Waals surface area contributed by atoms with E-state index in [1.165, 1.54) is 16.8 Å². The van der Waals surface area contributed by atoms with Gasteiger partial charge in [-0.05, 0) is 37.1 Å². The fraction of sp³-hybridized carbons (Fsp3) is 0.286. The van der Waals surface area contributed by atoms with E-state index in [-0.39, 0.29) is 17.4 Å². The van der Waals surface area contributed by atoms with Crippen LogP contribution in [0.5, 0.6) is 5.75 Å². The lowest BCUT2D eigenvalue weighted by Crippen LogP contribution is -2.65. The maximum absolute atomic E-state index is 6.95. The van der Waals surface area contributed by atoms with Gasteiger partial charge in [-0.15, -0.1) is 0 Å². The number of rotatable bonds is 2. The van der Waals surface area contributed by atoms with Crippen molar-refractivity contribution in [3.63, 3.8) is 0 Å². The molecule has 0 bridgehead atoms. The van der Waals surface area contributed by atoms with Crippen molar-refractivity contribution in [1.29, 1.82) is 0 Å². The molecule has 0 radical (unpaired) electrons. The highest BCUT2D eigenvalue weighted by Gasteiger charge is 2.62. The van der Waals surface area contributed by atoms with E-state index in [1.807, 2.05) is 0 Å². The van der Waals surface area contributed by atoms with E-state index in [1.54, 1.807) is 0 Å². The van der Waals surface area contributed by atoms with Gasteiger partial charge < -0.3 is 9.47 Å². The molecule has 1 fully saturated rings. The van der Waals surface area contributed by atoms with Crippen LogP contribution in [0.25, 0.3) is 5.70 Å². The molecule has 3 aliphatic rings. The lowest BCUT2D eigenvalue weighted by Gasteiger charge is -2.56. The minimum Gasteiger partial charge on any atom is -0.465 e. The second-order valence-corrected chi connectivity index (χ2v) is 9.46. The van der Waals surface area contributed by atoms with E-state index in [0.717, 1.165) is 17.9 Å². The van der Waals surface area contributed by atoms with Crippen LogP contribution >= 0.6 is 0 Å². The summed E-state index contributed by atoms with van der Waals surface area (Å²) < 4.78 is 13.3. The van der Waals surface area contributed by atoms with E-state index < -0.39 is 5.72 Å². The van der Waals surface area contributed by atoms with Crippen LogP contribution in [0.2, 0.25) is 0 Å². The second-order valence-electron chi connectivity index (χ2n) is 9.46. The van der Waals surface area contributed by atoms with Crippen molar-refractivity contribution in [2.24, 2.45) is 5.92 Å². The largest absolute Gasteiger partial charge is 0.465 e. The van der Waals surface area contributed by atoms with Gasteiger partial charge in [0.25, 0.3) is 0 Å². The monoisotopic (exact) mass is 409 g/mol. The van der Waals surface area contributed by atoms with Gasteiger partial charge in [-0.25, -0.2) is 0 Å². The Balaban J connectivity index is 1.62. The summed E-state index contributed by atoms with van der Waals surface area (Å²) in [4.78, 5) is 2.46. The number of allylic oxidation sites excluding steroid dienone is 1. The number of fused-ring (bicyclic) bond motifs is 2. The number of anilines is 1. The highest BCUT2D eigenvalue weighted by Crippen LogP contribution is 2.59. The van der Waals surface area contributed by atoms with Crippen LogP contribution in [-0.2, 0) is 4.74 Å². The molecule has 3 aromatic rings. The minimum absolute atomic E-state index is 0.183. The van der Waals surface area contributed by atoms with Crippen LogP contribution < -0.4 is 9.64 Å². The molecule has 3 atom stereocenters. The number of hydrogen-bond acceptors (Lipinski definition) is 3. The normalized spacial score (nSPS) is 28.1. The van der Waals surface area contributed by atoms with Crippen molar-refractivity contribution >= 4 is 11.4 Å². The second kappa shape index (κ2) is 6.73. The molecule has 156 valence electrons. The van der Waals surface area contributed by atoms with Crippen molar-refractivity contribution in [3.8, 4) is 5.75 Å². The van der Waals surface area contributed by atoms with Gasteiger partial charge in [-0.2, -0.15) is 0 Å². The van der Waals surface area contributed by atoms with E-state index in [0.29, 0.717) is 6.61 Å². The molecule has 6 rings (SSSR count). The smallest absolute Gasteiger partial charge is 0.196 e. The predicted octanol–water partition coefficient (Wildman–Crippen LogP) is 6.24. The summed E-state index contributed by atoms with van der Waals surface area (Å²) >= 11 is 0. The summed E-state index contributed by atoms with van der Waals surface area (Å²) in [5.74, 6) is 1.35. The zero-order chi connectivity index (χ0) is 21.1. The summed E-state index contributed by atoms with van der Waals surface area (Å²) in [6.45, 7) is 5.02. The Kier molecular flexibility index (Phi) is 4.06. The fourth-order valence-corrected chi connectivity index (χ4v) is 5.68. The first-order chi connectivity index (χ1) is 15.1. The lowest BCUT2D eigenvalue weighted by molar-refractivity contribution is -0.165. The maximum Gasteiger partial charge on any atom is 0.196 e. The molecule has 1 spiro atoms. The van der Waals surface area contributed by atoms with Gasteiger partial charge in [0, 0.05) is 18.0 Å². The third kappa shape index (κ3) is 2.84. The quantitative estimate of drug-likeness (QED) is 0.500. The first-order valence-electron chi connectivity index (χ1n) is 11.1. The van der Waals surface area contributed by atoms with Crippen LogP contribution in [0.3, 0.4) is 0 Å². The molecule has 0 N–H and O–H groups in total. The Labute approximate surface area is 183 Å². The Bertz CT molecular complexity index is 1140. The van der Waals surface area contributed by atoms with Crippen molar-refractivity contribution in [2.75, 3.05) is 11.5 Å². The number of benzene rings is 3. The number of para-hydroxylation sites is 2. The molecule has 3 heteroatoms.